The molecule has 0 unspecified atom stereocenters. The Bertz CT molecular complexity index is 1200. The first-order valence-corrected chi connectivity index (χ1v) is 15.1. The lowest BCUT2D eigenvalue weighted by atomic mass is 9.84. The highest BCUT2D eigenvalue weighted by Gasteiger charge is 2.40. The summed E-state index contributed by atoms with van der Waals surface area (Å²) in [7, 11) is 2.84. The monoisotopic (exact) mass is 598 g/mol. The predicted octanol–water partition coefficient (Wildman–Crippen LogP) is 6.12. The minimum Gasteiger partial charge on any atom is -0.493 e. The van der Waals surface area contributed by atoms with E-state index in [0.29, 0.717) is 17.8 Å². The Labute approximate surface area is 257 Å². The largest absolute Gasteiger partial charge is 0.493 e. The maximum absolute atomic E-state index is 13.9. The molecule has 0 bridgehead atoms. The van der Waals surface area contributed by atoms with E-state index in [0.717, 1.165) is 5.57 Å². The molecule has 0 aromatic rings. The van der Waals surface area contributed by atoms with Crippen molar-refractivity contribution in [2.24, 2.45) is 35.5 Å². The Morgan fingerprint density at radius 2 is 1.60 bits per heavy atom. The van der Waals surface area contributed by atoms with Crippen molar-refractivity contribution in [2.45, 2.75) is 87.0 Å². The van der Waals surface area contributed by atoms with Crippen LogP contribution in [0.3, 0.4) is 0 Å². The fourth-order valence-corrected chi connectivity index (χ4v) is 5.68. The average molecular weight is 599 g/mol. The van der Waals surface area contributed by atoms with E-state index in [9.17, 15) is 19.2 Å². The van der Waals surface area contributed by atoms with Gasteiger partial charge in [-0.1, -0.05) is 77.0 Å². The number of allylic oxidation sites excluding steroid dienone is 8. The highest BCUT2D eigenvalue weighted by Crippen LogP contribution is 2.32. The van der Waals surface area contributed by atoms with E-state index in [1.54, 1.807) is 39.0 Å². The lowest BCUT2D eigenvalue weighted by Gasteiger charge is -2.35. The average Bonchev–Trinajstić information content (AvgIpc) is 2.95. The van der Waals surface area contributed by atoms with E-state index in [4.69, 9.17) is 18.9 Å². The van der Waals surface area contributed by atoms with Crippen LogP contribution >= 0.6 is 0 Å². The third-order valence-corrected chi connectivity index (χ3v) is 8.33. The molecule has 8 nitrogen and oxygen atoms in total. The number of hydrogen-bond acceptors (Lipinski definition) is 8. The van der Waals surface area contributed by atoms with Crippen molar-refractivity contribution >= 4 is 23.3 Å². The van der Waals surface area contributed by atoms with Crippen molar-refractivity contribution in [2.75, 3.05) is 14.2 Å². The third-order valence-electron chi connectivity index (χ3n) is 8.33. The first-order valence-electron chi connectivity index (χ1n) is 15.1. The number of cyclic esters (lactones) is 1. The van der Waals surface area contributed by atoms with Gasteiger partial charge in [-0.15, -0.1) is 0 Å². The van der Waals surface area contributed by atoms with Crippen LogP contribution in [0.2, 0.25) is 0 Å². The Hall–Kier alpha value is -3.26. The van der Waals surface area contributed by atoms with Crippen LogP contribution in [0.15, 0.2) is 59.1 Å². The minimum atomic E-state index is -1.02. The summed E-state index contributed by atoms with van der Waals surface area (Å²) in [6.45, 7) is 16.6. The SMILES string of the molecule is CO/C1=C\C(C)=C\[C@@H](C)C(=O)[C@@H](C)C/C(C)=C/C=C/[C@H](OC)[C@@H]([C@@H](C)C(=O)[C@H](C)C2=CC(=O)[C@H](C)[C@@H](C(C)C)O2)OC1=O. The number of rotatable bonds is 7. The van der Waals surface area contributed by atoms with Gasteiger partial charge in [0.2, 0.25) is 5.76 Å². The van der Waals surface area contributed by atoms with Gasteiger partial charge in [0.25, 0.3) is 0 Å². The number of Topliss-reactive ketones (excluding diaryl/α,β-unsaturated/α-hetero) is 2. The fourth-order valence-electron chi connectivity index (χ4n) is 5.68. The highest BCUT2D eigenvalue weighted by molar-refractivity contribution is 5.95. The number of methoxy groups -OCH3 is 2. The van der Waals surface area contributed by atoms with E-state index < -0.39 is 30.0 Å². The Morgan fingerprint density at radius 3 is 2.19 bits per heavy atom. The van der Waals surface area contributed by atoms with E-state index in [-0.39, 0.29) is 52.9 Å². The molecule has 0 N–H and O–H groups in total. The van der Waals surface area contributed by atoms with Crippen LogP contribution in [-0.2, 0) is 38.1 Å². The normalized spacial score (nSPS) is 33.8. The second kappa shape index (κ2) is 16.0. The Kier molecular flexibility index (Phi) is 13.4. The van der Waals surface area contributed by atoms with Crippen LogP contribution in [0.5, 0.6) is 0 Å². The lowest BCUT2D eigenvalue weighted by molar-refractivity contribution is -0.159. The van der Waals surface area contributed by atoms with Crippen molar-refractivity contribution in [3.8, 4) is 0 Å². The molecule has 0 amide bonds. The summed E-state index contributed by atoms with van der Waals surface area (Å²) in [5.74, 6) is -3.13. The van der Waals surface area contributed by atoms with Gasteiger partial charge in [0.1, 0.15) is 35.6 Å². The number of esters is 1. The molecule has 0 aromatic carbocycles. The summed E-state index contributed by atoms with van der Waals surface area (Å²) in [5.41, 5.74) is 1.67. The highest BCUT2D eigenvalue weighted by atomic mass is 16.6. The van der Waals surface area contributed by atoms with Crippen molar-refractivity contribution in [3.63, 3.8) is 0 Å². The fraction of sp³-hybridized carbons (Fsp3) is 0.600. The Balaban J connectivity index is 2.53. The molecule has 8 atom stereocenters. The summed E-state index contributed by atoms with van der Waals surface area (Å²) >= 11 is 0. The second-order valence-corrected chi connectivity index (χ2v) is 12.4. The molecule has 43 heavy (non-hydrogen) atoms. The van der Waals surface area contributed by atoms with E-state index >= 15 is 0 Å². The van der Waals surface area contributed by atoms with Gasteiger partial charge in [0.15, 0.2) is 5.78 Å². The van der Waals surface area contributed by atoms with Crippen LogP contribution in [-0.4, -0.2) is 55.9 Å². The molecule has 8 heteroatoms. The summed E-state index contributed by atoms with van der Waals surface area (Å²) in [6, 6.07) is 0. The number of carbonyl (C=O) groups is 4. The van der Waals surface area contributed by atoms with Crippen LogP contribution in [0.1, 0.15) is 68.7 Å². The summed E-state index contributed by atoms with van der Waals surface area (Å²) in [6.07, 6.45) is 8.59. The van der Waals surface area contributed by atoms with Crippen LogP contribution < -0.4 is 0 Å². The first kappa shape index (κ1) is 35.9. The second-order valence-electron chi connectivity index (χ2n) is 12.4. The number of ketones is 3. The third kappa shape index (κ3) is 9.36. The minimum absolute atomic E-state index is 0.0708. The maximum atomic E-state index is 13.9. The summed E-state index contributed by atoms with van der Waals surface area (Å²) in [4.78, 5) is 53.0. The van der Waals surface area contributed by atoms with Crippen molar-refractivity contribution in [3.05, 3.63) is 59.1 Å². The topological polar surface area (TPSA) is 105 Å². The molecule has 0 fully saturated rings. The molecule has 0 aliphatic carbocycles. The number of ether oxygens (including phenoxy) is 4. The maximum Gasteiger partial charge on any atom is 0.373 e. The molecule has 0 saturated heterocycles. The van der Waals surface area contributed by atoms with Gasteiger partial charge in [-0.3, -0.25) is 14.4 Å². The molecule has 2 heterocycles. The first-order chi connectivity index (χ1) is 20.1. The number of hydrogen-bond donors (Lipinski definition) is 0. The van der Waals surface area contributed by atoms with Gasteiger partial charge >= 0.3 is 5.97 Å². The molecule has 0 spiro atoms. The van der Waals surface area contributed by atoms with Gasteiger partial charge < -0.3 is 18.9 Å². The molecule has 0 radical (unpaired) electrons. The van der Waals surface area contributed by atoms with Crippen molar-refractivity contribution in [1.82, 2.24) is 0 Å². The van der Waals surface area contributed by atoms with E-state index in [1.165, 1.54) is 26.4 Å². The molecule has 0 aromatic heterocycles. The predicted molar refractivity (Wildman–Crippen MR) is 166 cm³/mol. The molecular formula is C35H50O8. The molecular weight excluding hydrogens is 548 g/mol. The molecule has 2 aliphatic heterocycles. The quantitative estimate of drug-likeness (QED) is 0.323. The van der Waals surface area contributed by atoms with Crippen molar-refractivity contribution in [1.29, 1.82) is 0 Å². The zero-order valence-corrected chi connectivity index (χ0v) is 27.6. The van der Waals surface area contributed by atoms with Gasteiger partial charge in [-0.05, 0) is 39.2 Å². The van der Waals surface area contributed by atoms with Gasteiger partial charge in [0, 0.05) is 25.0 Å². The zero-order valence-electron chi connectivity index (χ0n) is 27.6. The van der Waals surface area contributed by atoms with Crippen LogP contribution in [0.4, 0.5) is 0 Å². The van der Waals surface area contributed by atoms with E-state index in [1.807, 2.05) is 47.6 Å². The molecule has 2 rings (SSSR count). The van der Waals surface area contributed by atoms with Gasteiger partial charge in [-0.2, -0.15) is 0 Å². The molecule has 2 aliphatic rings. The van der Waals surface area contributed by atoms with Gasteiger partial charge in [0.05, 0.1) is 24.9 Å². The van der Waals surface area contributed by atoms with E-state index in [2.05, 4.69) is 0 Å². The van der Waals surface area contributed by atoms with Gasteiger partial charge in [-0.25, -0.2) is 4.79 Å². The smallest absolute Gasteiger partial charge is 0.373 e. The zero-order chi connectivity index (χ0) is 32.6. The summed E-state index contributed by atoms with van der Waals surface area (Å²) in [5, 5.41) is 0. The van der Waals surface area contributed by atoms with Crippen LogP contribution in [0.25, 0.3) is 0 Å². The van der Waals surface area contributed by atoms with Crippen molar-refractivity contribution < 1.29 is 38.1 Å². The standard InChI is InChI=1S/C35H50O8/c1-19(2)33-24(7)27(36)18-29(42-33)25(8)32(38)26(9)34-28(40-10)14-12-13-20(3)15-22(5)31(37)23(6)16-21(4)17-30(41-11)35(39)43-34/h12-14,16-19,22-26,28,33-34H,15H2,1-11H3/b14-12+,20-13+,21-16+,30-17-/t22-,23+,24-,25+,26-,28-,33+,34+/m0/s1. The Morgan fingerprint density at radius 1 is 0.953 bits per heavy atom. The molecule has 238 valence electrons. The van der Waals surface area contributed by atoms with Crippen LogP contribution in [0, 0.1) is 35.5 Å². The number of carbonyl (C=O) groups excluding carboxylic acids is 4. The molecule has 0 saturated carbocycles. The summed E-state index contributed by atoms with van der Waals surface area (Å²) < 4.78 is 23.2. The lowest BCUT2D eigenvalue weighted by Crippen LogP contribution is -2.43.